The average Bonchev–Trinajstić information content (AvgIpc) is 2.64. The summed E-state index contributed by atoms with van der Waals surface area (Å²) in [5.41, 5.74) is 1.85. The van der Waals surface area contributed by atoms with Crippen LogP contribution in [0.4, 0.5) is 10.5 Å². The number of carbonyl (C=O) groups is 2. The van der Waals surface area contributed by atoms with Crippen LogP contribution >= 0.6 is 0 Å². The number of benzene rings is 2. The molecule has 2 amide bonds. The van der Waals surface area contributed by atoms with Crippen LogP contribution in [0, 0.1) is 0 Å². The van der Waals surface area contributed by atoms with Crippen LogP contribution in [0.25, 0.3) is 11.1 Å². The summed E-state index contributed by atoms with van der Waals surface area (Å²) < 4.78 is 5.40. The van der Waals surface area contributed by atoms with E-state index in [4.69, 9.17) is 4.74 Å². The first-order chi connectivity index (χ1) is 13.0. The van der Waals surface area contributed by atoms with E-state index in [1.165, 1.54) is 19.4 Å². The number of hydrogen-bond acceptors (Lipinski definition) is 4. The Kier molecular flexibility index (Phi) is 5.96. The maximum atomic E-state index is 12.1. The molecular formula is C21H24N2O4. The van der Waals surface area contributed by atoms with Crippen molar-refractivity contribution in [1.82, 2.24) is 5.32 Å². The summed E-state index contributed by atoms with van der Waals surface area (Å²) in [4.78, 5) is 23.4. The number of amides is 2. The second-order valence-corrected chi connectivity index (χ2v) is 6.81. The van der Waals surface area contributed by atoms with Crippen molar-refractivity contribution in [2.45, 2.75) is 45.1 Å². The Bertz CT molecular complexity index is 829. The highest BCUT2D eigenvalue weighted by Crippen LogP contribution is 2.34. The Morgan fingerprint density at radius 2 is 1.85 bits per heavy atom. The summed E-state index contributed by atoms with van der Waals surface area (Å²) in [5.74, 6) is 0.240. The number of ether oxygens (including phenoxy) is 1. The lowest BCUT2D eigenvalue weighted by Gasteiger charge is -2.22. The van der Waals surface area contributed by atoms with Crippen LogP contribution in [0.1, 0.15) is 39.0 Å². The number of aromatic hydroxyl groups is 1. The molecule has 0 atom stereocenters. The van der Waals surface area contributed by atoms with Gasteiger partial charge in [-0.2, -0.15) is 0 Å². The Morgan fingerprint density at radius 1 is 1.07 bits per heavy atom. The molecule has 1 aliphatic rings. The molecule has 1 fully saturated rings. The molecule has 6 nitrogen and oxygen atoms in total. The smallest absolute Gasteiger partial charge is 0.412 e. The van der Waals surface area contributed by atoms with Crippen LogP contribution in [0.5, 0.6) is 11.5 Å². The maximum Gasteiger partial charge on any atom is 0.412 e. The number of nitrogens with one attached hydrogen (secondary N) is 2. The van der Waals surface area contributed by atoms with Gasteiger partial charge < -0.3 is 20.5 Å². The highest BCUT2D eigenvalue weighted by Gasteiger charge is 2.17. The Labute approximate surface area is 158 Å². The molecule has 0 aliphatic heterocycles. The van der Waals surface area contributed by atoms with E-state index < -0.39 is 6.09 Å². The van der Waals surface area contributed by atoms with Gasteiger partial charge in [-0.05, 0) is 48.7 Å². The molecular weight excluding hydrogens is 344 g/mol. The van der Waals surface area contributed by atoms with E-state index in [1.54, 1.807) is 30.3 Å². The predicted molar refractivity (Wildman–Crippen MR) is 104 cm³/mol. The third-order valence-corrected chi connectivity index (χ3v) is 4.60. The second-order valence-electron chi connectivity index (χ2n) is 6.81. The van der Waals surface area contributed by atoms with E-state index in [9.17, 15) is 14.7 Å². The van der Waals surface area contributed by atoms with Crippen LogP contribution < -0.4 is 15.4 Å². The first-order valence-corrected chi connectivity index (χ1v) is 9.20. The SMILES string of the molecule is CC(=O)Nc1cccc(-c2cc(OC(=O)NC3CCCCC3)ccc2O)c1. The van der Waals surface area contributed by atoms with Crippen molar-refractivity contribution in [2.24, 2.45) is 0 Å². The molecule has 1 aliphatic carbocycles. The first kappa shape index (κ1) is 18.8. The molecule has 27 heavy (non-hydrogen) atoms. The molecule has 0 saturated heterocycles. The minimum Gasteiger partial charge on any atom is -0.507 e. The number of hydrogen-bond donors (Lipinski definition) is 3. The van der Waals surface area contributed by atoms with Crippen LogP contribution in [-0.2, 0) is 4.79 Å². The van der Waals surface area contributed by atoms with Gasteiger partial charge in [-0.15, -0.1) is 0 Å². The minimum atomic E-state index is -0.481. The van der Waals surface area contributed by atoms with Gasteiger partial charge in [-0.25, -0.2) is 4.79 Å². The Hall–Kier alpha value is -3.02. The zero-order valence-corrected chi connectivity index (χ0v) is 15.3. The number of phenols is 1. The molecule has 3 rings (SSSR count). The zero-order chi connectivity index (χ0) is 19.2. The standard InChI is InChI=1S/C21H24N2O4/c1-14(24)22-17-9-5-6-15(12-17)19-13-18(10-11-20(19)25)27-21(26)23-16-7-3-2-4-8-16/h5-6,9-13,16,25H,2-4,7-8H2,1H3,(H,22,24)(H,23,26). The fourth-order valence-electron chi connectivity index (χ4n) is 3.33. The van der Waals surface area contributed by atoms with Gasteiger partial charge in [-0.3, -0.25) is 4.79 Å². The molecule has 0 spiro atoms. The Balaban J connectivity index is 1.74. The number of carbonyl (C=O) groups excluding carboxylic acids is 2. The largest absolute Gasteiger partial charge is 0.507 e. The van der Waals surface area contributed by atoms with Crippen molar-refractivity contribution >= 4 is 17.7 Å². The van der Waals surface area contributed by atoms with E-state index >= 15 is 0 Å². The molecule has 0 heterocycles. The number of anilines is 1. The van der Waals surface area contributed by atoms with Gasteiger partial charge in [0.25, 0.3) is 0 Å². The zero-order valence-electron chi connectivity index (χ0n) is 15.3. The minimum absolute atomic E-state index is 0.0648. The van der Waals surface area contributed by atoms with E-state index in [-0.39, 0.29) is 17.7 Å². The van der Waals surface area contributed by atoms with Crippen molar-refractivity contribution in [3.63, 3.8) is 0 Å². The summed E-state index contributed by atoms with van der Waals surface area (Å²) in [6.07, 6.45) is 4.94. The number of rotatable bonds is 4. The van der Waals surface area contributed by atoms with Crippen LogP contribution in [0.3, 0.4) is 0 Å². The molecule has 6 heteroatoms. The Morgan fingerprint density at radius 3 is 2.59 bits per heavy atom. The molecule has 0 radical (unpaired) electrons. The van der Waals surface area contributed by atoms with Crippen molar-refractivity contribution in [1.29, 1.82) is 0 Å². The van der Waals surface area contributed by atoms with Gasteiger partial charge in [0.1, 0.15) is 11.5 Å². The second kappa shape index (κ2) is 8.58. The van der Waals surface area contributed by atoms with E-state index in [1.807, 2.05) is 6.07 Å². The van der Waals surface area contributed by atoms with Gasteiger partial charge in [0.05, 0.1) is 0 Å². The summed E-state index contributed by atoms with van der Waals surface area (Å²) in [6.45, 7) is 1.43. The summed E-state index contributed by atoms with van der Waals surface area (Å²) in [7, 11) is 0. The van der Waals surface area contributed by atoms with E-state index in [0.717, 1.165) is 25.7 Å². The van der Waals surface area contributed by atoms with Crippen LogP contribution in [0.2, 0.25) is 0 Å². The van der Waals surface area contributed by atoms with Gasteiger partial charge in [0.15, 0.2) is 0 Å². The molecule has 2 aromatic carbocycles. The molecule has 0 bridgehead atoms. The highest BCUT2D eigenvalue weighted by atomic mass is 16.6. The molecule has 3 N–H and O–H groups in total. The normalized spacial score (nSPS) is 14.4. The summed E-state index contributed by atoms with van der Waals surface area (Å²) in [5, 5.41) is 15.8. The van der Waals surface area contributed by atoms with Crippen LogP contribution in [-0.4, -0.2) is 23.1 Å². The van der Waals surface area contributed by atoms with Crippen molar-refractivity contribution in [2.75, 3.05) is 5.32 Å². The molecule has 2 aromatic rings. The fraction of sp³-hybridized carbons (Fsp3) is 0.333. The fourth-order valence-corrected chi connectivity index (χ4v) is 3.33. The number of phenolic OH excluding ortho intramolecular Hbond substituents is 1. The van der Waals surface area contributed by atoms with Gasteiger partial charge in [0.2, 0.25) is 5.91 Å². The molecule has 0 aromatic heterocycles. The van der Waals surface area contributed by atoms with Crippen molar-refractivity contribution in [3.05, 3.63) is 42.5 Å². The quantitative estimate of drug-likeness (QED) is 0.744. The lowest BCUT2D eigenvalue weighted by Crippen LogP contribution is -2.37. The third kappa shape index (κ3) is 5.23. The first-order valence-electron chi connectivity index (χ1n) is 9.20. The third-order valence-electron chi connectivity index (χ3n) is 4.60. The average molecular weight is 368 g/mol. The van der Waals surface area contributed by atoms with Crippen molar-refractivity contribution in [3.8, 4) is 22.6 Å². The summed E-state index contributed by atoms with van der Waals surface area (Å²) in [6, 6.07) is 11.9. The van der Waals surface area contributed by atoms with Crippen LogP contribution in [0.15, 0.2) is 42.5 Å². The van der Waals surface area contributed by atoms with Gasteiger partial charge in [-0.1, -0.05) is 31.4 Å². The molecule has 1 saturated carbocycles. The topological polar surface area (TPSA) is 87.7 Å². The predicted octanol–water partition coefficient (Wildman–Crippen LogP) is 4.44. The summed E-state index contributed by atoms with van der Waals surface area (Å²) >= 11 is 0. The molecule has 142 valence electrons. The lowest BCUT2D eigenvalue weighted by molar-refractivity contribution is -0.114. The van der Waals surface area contributed by atoms with Crippen molar-refractivity contribution < 1.29 is 19.4 Å². The van der Waals surface area contributed by atoms with E-state index in [2.05, 4.69) is 10.6 Å². The lowest BCUT2D eigenvalue weighted by atomic mass is 9.96. The highest BCUT2D eigenvalue weighted by molar-refractivity contribution is 5.90. The maximum absolute atomic E-state index is 12.1. The monoisotopic (exact) mass is 368 g/mol. The van der Waals surface area contributed by atoms with E-state index in [0.29, 0.717) is 22.6 Å². The van der Waals surface area contributed by atoms with Gasteiger partial charge >= 0.3 is 6.09 Å². The van der Waals surface area contributed by atoms with Gasteiger partial charge in [0, 0.05) is 24.2 Å². The molecule has 0 unspecified atom stereocenters.